The summed E-state index contributed by atoms with van der Waals surface area (Å²) in [5.41, 5.74) is 2.43. The van der Waals surface area contributed by atoms with E-state index >= 15 is 0 Å². The van der Waals surface area contributed by atoms with E-state index in [1.54, 1.807) is 31.4 Å². The zero-order chi connectivity index (χ0) is 19.4. The van der Waals surface area contributed by atoms with Crippen LogP contribution < -0.4 is 14.4 Å². The number of hydrogen-bond acceptors (Lipinski definition) is 5. The molecule has 27 heavy (non-hydrogen) atoms. The van der Waals surface area contributed by atoms with Gasteiger partial charge in [-0.2, -0.15) is 0 Å². The maximum atomic E-state index is 12.8. The van der Waals surface area contributed by atoms with Crippen LogP contribution >= 0.6 is 0 Å². The van der Waals surface area contributed by atoms with E-state index in [0.29, 0.717) is 11.4 Å². The van der Waals surface area contributed by atoms with Gasteiger partial charge in [0.25, 0.3) is 10.0 Å². The Morgan fingerprint density at radius 2 is 1.85 bits per heavy atom. The van der Waals surface area contributed by atoms with E-state index in [1.807, 2.05) is 25.1 Å². The molecule has 0 radical (unpaired) electrons. The molecule has 146 valence electrons. The summed E-state index contributed by atoms with van der Waals surface area (Å²) in [7, 11) is -0.533. The average Bonchev–Trinajstić information content (AvgIpc) is 2.68. The van der Waals surface area contributed by atoms with E-state index in [0.717, 1.165) is 37.2 Å². The smallest absolute Gasteiger partial charge is 0.265 e. The fourth-order valence-electron chi connectivity index (χ4n) is 3.31. The largest absolute Gasteiger partial charge is 0.495 e. The van der Waals surface area contributed by atoms with Crippen LogP contribution in [0.1, 0.15) is 18.4 Å². The Kier molecular flexibility index (Phi) is 5.92. The Balaban J connectivity index is 1.77. The molecule has 2 aromatic rings. The quantitative estimate of drug-likeness (QED) is 0.819. The van der Waals surface area contributed by atoms with E-state index in [-0.39, 0.29) is 11.0 Å². The van der Waals surface area contributed by atoms with Crippen LogP contribution in [0.15, 0.2) is 47.4 Å². The minimum absolute atomic E-state index is 0.132. The molecule has 7 heteroatoms. The van der Waals surface area contributed by atoms with Gasteiger partial charge >= 0.3 is 0 Å². The van der Waals surface area contributed by atoms with Crippen molar-refractivity contribution in [2.45, 2.75) is 30.8 Å². The van der Waals surface area contributed by atoms with Crippen molar-refractivity contribution in [1.29, 1.82) is 0 Å². The minimum Gasteiger partial charge on any atom is -0.495 e. The zero-order valence-electron chi connectivity index (χ0n) is 15.9. The number of ether oxygens (including phenoxy) is 2. The van der Waals surface area contributed by atoms with Gasteiger partial charge in [0.05, 0.1) is 13.2 Å². The van der Waals surface area contributed by atoms with Crippen molar-refractivity contribution in [2.75, 3.05) is 36.9 Å². The number of sulfonamides is 1. The third-order valence-electron chi connectivity index (χ3n) is 4.80. The van der Waals surface area contributed by atoms with Gasteiger partial charge in [0, 0.05) is 31.6 Å². The van der Waals surface area contributed by atoms with Crippen molar-refractivity contribution < 1.29 is 17.9 Å². The first-order valence-electron chi connectivity index (χ1n) is 8.98. The molecule has 0 amide bonds. The number of hydrogen-bond donors (Lipinski definition) is 1. The molecule has 6 nitrogen and oxygen atoms in total. The molecule has 1 aliphatic heterocycles. The second kappa shape index (κ2) is 8.19. The molecule has 1 saturated heterocycles. The Morgan fingerprint density at radius 3 is 2.52 bits per heavy atom. The lowest BCUT2D eigenvalue weighted by Gasteiger charge is -2.33. The second-order valence-electron chi connectivity index (χ2n) is 6.75. The van der Waals surface area contributed by atoms with Gasteiger partial charge in [-0.25, -0.2) is 8.42 Å². The topological polar surface area (TPSA) is 67.9 Å². The lowest BCUT2D eigenvalue weighted by molar-refractivity contribution is 0.0893. The predicted molar refractivity (Wildman–Crippen MR) is 107 cm³/mol. The van der Waals surface area contributed by atoms with Gasteiger partial charge in [-0.1, -0.05) is 6.07 Å². The summed E-state index contributed by atoms with van der Waals surface area (Å²) < 4.78 is 38.9. The SMILES string of the molecule is COc1ccc(C)cc1S(=O)(=O)Nc1ccc(N2CCCC(OC)C2)cc1. The van der Waals surface area contributed by atoms with Crippen molar-refractivity contribution in [3.63, 3.8) is 0 Å². The van der Waals surface area contributed by atoms with Crippen molar-refractivity contribution in [1.82, 2.24) is 0 Å². The summed E-state index contributed by atoms with van der Waals surface area (Å²) in [4.78, 5) is 2.40. The number of rotatable bonds is 6. The molecule has 0 aromatic heterocycles. The number of anilines is 2. The van der Waals surface area contributed by atoms with Crippen LogP contribution in [0.2, 0.25) is 0 Å². The third kappa shape index (κ3) is 4.54. The van der Waals surface area contributed by atoms with Crippen molar-refractivity contribution in [2.24, 2.45) is 0 Å². The molecule has 3 rings (SSSR count). The van der Waals surface area contributed by atoms with Crippen LogP contribution in [0.5, 0.6) is 5.75 Å². The molecule has 1 unspecified atom stereocenters. The first-order valence-corrected chi connectivity index (χ1v) is 10.5. The van der Waals surface area contributed by atoms with Crippen molar-refractivity contribution >= 4 is 21.4 Å². The zero-order valence-corrected chi connectivity index (χ0v) is 16.8. The highest BCUT2D eigenvalue weighted by Gasteiger charge is 2.21. The molecular weight excluding hydrogens is 364 g/mol. The number of methoxy groups -OCH3 is 2. The number of piperidine rings is 1. The summed E-state index contributed by atoms with van der Waals surface area (Å²) in [6, 6.07) is 12.5. The molecule has 0 spiro atoms. The molecule has 1 fully saturated rings. The van der Waals surface area contributed by atoms with E-state index in [9.17, 15) is 8.42 Å². The van der Waals surface area contributed by atoms with Crippen molar-refractivity contribution in [3.8, 4) is 5.75 Å². The standard InChI is InChI=1S/C20H26N2O4S/c1-15-6-11-19(26-3)20(13-15)27(23,24)21-16-7-9-17(10-8-16)22-12-4-5-18(14-22)25-2/h6-11,13,18,21H,4-5,12,14H2,1-3H3. The Bertz CT molecular complexity index is 881. The highest BCUT2D eigenvalue weighted by atomic mass is 32.2. The molecule has 1 heterocycles. The molecule has 1 atom stereocenters. The first-order chi connectivity index (χ1) is 12.9. The van der Waals surface area contributed by atoms with Gasteiger partial charge in [-0.3, -0.25) is 4.72 Å². The Morgan fingerprint density at radius 1 is 1.11 bits per heavy atom. The van der Waals surface area contributed by atoms with E-state index in [1.165, 1.54) is 7.11 Å². The van der Waals surface area contributed by atoms with Gasteiger partial charge in [0.2, 0.25) is 0 Å². The predicted octanol–water partition coefficient (Wildman–Crippen LogP) is 3.42. The third-order valence-corrected chi connectivity index (χ3v) is 6.21. The van der Waals surface area contributed by atoms with Crippen LogP contribution in [0, 0.1) is 6.92 Å². The molecule has 1 aliphatic rings. The number of nitrogens with one attached hydrogen (secondary N) is 1. The monoisotopic (exact) mass is 390 g/mol. The van der Waals surface area contributed by atoms with E-state index in [4.69, 9.17) is 9.47 Å². The lowest BCUT2D eigenvalue weighted by Crippen LogP contribution is -2.39. The normalized spacial score (nSPS) is 17.6. The fraction of sp³-hybridized carbons (Fsp3) is 0.400. The van der Waals surface area contributed by atoms with Gasteiger partial charge in [0.15, 0.2) is 0 Å². The van der Waals surface area contributed by atoms with Crippen molar-refractivity contribution in [3.05, 3.63) is 48.0 Å². The Labute approximate surface area is 161 Å². The summed E-state index contributed by atoms with van der Waals surface area (Å²) in [5.74, 6) is 0.323. The van der Waals surface area contributed by atoms with E-state index < -0.39 is 10.0 Å². The number of benzene rings is 2. The highest BCUT2D eigenvalue weighted by Crippen LogP contribution is 2.28. The van der Waals surface area contributed by atoms with Crippen LogP contribution in [-0.4, -0.2) is 41.8 Å². The molecule has 2 aromatic carbocycles. The maximum absolute atomic E-state index is 12.8. The van der Waals surface area contributed by atoms with Gasteiger partial charge < -0.3 is 14.4 Å². The van der Waals surface area contributed by atoms with Crippen LogP contribution in [0.25, 0.3) is 0 Å². The van der Waals surface area contributed by atoms with Crippen LogP contribution in [0.3, 0.4) is 0 Å². The summed E-state index contributed by atoms with van der Waals surface area (Å²) in [6.07, 6.45) is 2.40. The van der Waals surface area contributed by atoms with Crippen LogP contribution in [0.4, 0.5) is 11.4 Å². The molecule has 0 saturated carbocycles. The summed E-state index contributed by atoms with van der Waals surface area (Å²) >= 11 is 0. The van der Waals surface area contributed by atoms with E-state index in [2.05, 4.69) is 9.62 Å². The first kappa shape index (κ1) is 19.5. The number of nitrogens with zero attached hydrogens (tertiary/aromatic N) is 1. The molecular formula is C20H26N2O4S. The number of aryl methyl sites for hydroxylation is 1. The maximum Gasteiger partial charge on any atom is 0.265 e. The Hall–Kier alpha value is -2.25. The molecule has 1 N–H and O–H groups in total. The molecule has 0 bridgehead atoms. The summed E-state index contributed by atoms with van der Waals surface area (Å²) in [6.45, 7) is 3.67. The average molecular weight is 391 g/mol. The van der Waals surface area contributed by atoms with Crippen LogP contribution in [-0.2, 0) is 14.8 Å². The molecule has 0 aliphatic carbocycles. The second-order valence-corrected chi connectivity index (χ2v) is 8.40. The highest BCUT2D eigenvalue weighted by molar-refractivity contribution is 7.92. The summed E-state index contributed by atoms with van der Waals surface area (Å²) in [5, 5.41) is 0. The fourth-order valence-corrected chi connectivity index (χ4v) is 4.62. The van der Waals surface area contributed by atoms with Gasteiger partial charge in [-0.05, 0) is 61.7 Å². The minimum atomic E-state index is -3.74. The van der Waals surface area contributed by atoms with Gasteiger partial charge in [-0.15, -0.1) is 0 Å². The lowest BCUT2D eigenvalue weighted by atomic mass is 10.1. The van der Waals surface area contributed by atoms with Gasteiger partial charge in [0.1, 0.15) is 10.6 Å².